The van der Waals surface area contributed by atoms with Gasteiger partial charge in [-0.05, 0) is 42.5 Å². The molecule has 1 fully saturated rings. The first-order chi connectivity index (χ1) is 13.5. The number of rotatable bonds is 5. The smallest absolute Gasteiger partial charge is 0.321 e. The van der Waals surface area contributed by atoms with E-state index in [0.717, 1.165) is 17.7 Å². The number of carbonyl (C=O) groups is 2. The molecular weight excluding hydrogens is 350 g/mol. The van der Waals surface area contributed by atoms with Gasteiger partial charge in [0.1, 0.15) is 0 Å². The fraction of sp³-hybridized carbons (Fsp3) is 0.391. The summed E-state index contributed by atoms with van der Waals surface area (Å²) in [7, 11) is 0. The van der Waals surface area contributed by atoms with Crippen molar-refractivity contribution in [2.75, 3.05) is 18.4 Å². The molecule has 148 valence electrons. The number of nitrogens with zero attached hydrogens (tertiary/aromatic N) is 1. The Morgan fingerprint density at radius 1 is 0.964 bits per heavy atom. The van der Waals surface area contributed by atoms with E-state index in [1.54, 1.807) is 4.90 Å². The highest BCUT2D eigenvalue weighted by atomic mass is 16.2. The van der Waals surface area contributed by atoms with Crippen molar-refractivity contribution >= 4 is 17.6 Å². The number of aryl methyl sites for hydroxylation is 1. The molecule has 5 heteroatoms. The molecule has 0 radical (unpaired) electrons. The number of hydrogen-bond acceptors (Lipinski definition) is 2. The van der Waals surface area contributed by atoms with Gasteiger partial charge in [-0.2, -0.15) is 0 Å². The lowest BCUT2D eigenvalue weighted by Crippen LogP contribution is -2.49. The van der Waals surface area contributed by atoms with E-state index in [2.05, 4.69) is 17.6 Å². The number of amides is 3. The van der Waals surface area contributed by atoms with Crippen molar-refractivity contribution in [2.45, 2.75) is 39.7 Å². The highest BCUT2D eigenvalue weighted by Gasteiger charge is 2.37. The van der Waals surface area contributed by atoms with Gasteiger partial charge in [0, 0.05) is 30.7 Å². The van der Waals surface area contributed by atoms with Crippen LogP contribution in [0.5, 0.6) is 0 Å². The Bertz CT molecular complexity index is 794. The van der Waals surface area contributed by atoms with E-state index in [4.69, 9.17) is 0 Å². The van der Waals surface area contributed by atoms with Crippen molar-refractivity contribution in [2.24, 2.45) is 5.41 Å². The van der Waals surface area contributed by atoms with E-state index >= 15 is 0 Å². The first-order valence-corrected chi connectivity index (χ1v) is 9.97. The zero-order valence-corrected chi connectivity index (χ0v) is 16.7. The maximum atomic E-state index is 12.7. The molecule has 0 aromatic heterocycles. The average molecular weight is 380 g/mol. The van der Waals surface area contributed by atoms with Crippen molar-refractivity contribution in [1.82, 2.24) is 10.2 Å². The summed E-state index contributed by atoms with van der Waals surface area (Å²) in [6.45, 7) is 5.79. The molecular formula is C23H29N3O2. The number of benzene rings is 2. The number of piperidine rings is 1. The van der Waals surface area contributed by atoms with Crippen molar-refractivity contribution in [3.63, 3.8) is 0 Å². The lowest BCUT2D eigenvalue weighted by molar-refractivity contribution is -0.132. The molecule has 1 aliphatic heterocycles. The van der Waals surface area contributed by atoms with E-state index in [1.807, 2.05) is 61.5 Å². The lowest BCUT2D eigenvalue weighted by atomic mass is 9.79. The molecule has 0 aliphatic carbocycles. The molecule has 0 spiro atoms. The molecule has 0 bridgehead atoms. The predicted octanol–water partition coefficient (Wildman–Crippen LogP) is 4.20. The fourth-order valence-corrected chi connectivity index (χ4v) is 3.45. The molecule has 0 saturated carbocycles. The van der Waals surface area contributed by atoms with Crippen molar-refractivity contribution in [3.05, 3.63) is 65.7 Å². The largest absolute Gasteiger partial charge is 0.352 e. The van der Waals surface area contributed by atoms with Crippen LogP contribution < -0.4 is 10.6 Å². The molecule has 1 heterocycles. The lowest BCUT2D eigenvalue weighted by Gasteiger charge is -2.38. The third kappa shape index (κ3) is 4.91. The molecule has 0 unspecified atom stereocenters. The molecule has 2 aromatic rings. The molecule has 3 amide bonds. The monoisotopic (exact) mass is 379 g/mol. The Morgan fingerprint density at radius 3 is 2.21 bits per heavy atom. The van der Waals surface area contributed by atoms with Gasteiger partial charge in [0.05, 0.1) is 0 Å². The van der Waals surface area contributed by atoms with E-state index in [1.165, 1.54) is 5.56 Å². The fourth-order valence-electron chi connectivity index (χ4n) is 3.45. The second-order valence-corrected chi connectivity index (χ2v) is 7.70. The molecule has 3 rings (SSSR count). The summed E-state index contributed by atoms with van der Waals surface area (Å²) in [5.41, 5.74) is 2.70. The zero-order chi connectivity index (χ0) is 20.0. The van der Waals surface area contributed by atoms with Gasteiger partial charge in [-0.25, -0.2) is 4.79 Å². The summed E-state index contributed by atoms with van der Waals surface area (Å²) in [5, 5.41) is 6.00. The summed E-state index contributed by atoms with van der Waals surface area (Å²) in [6, 6.07) is 17.7. The Kier molecular flexibility index (Phi) is 6.34. The topological polar surface area (TPSA) is 61.4 Å². The predicted molar refractivity (Wildman–Crippen MR) is 112 cm³/mol. The molecule has 1 aliphatic rings. The first-order valence-electron chi connectivity index (χ1n) is 9.97. The summed E-state index contributed by atoms with van der Waals surface area (Å²) in [5.74, 6) is 0.0616. The van der Waals surface area contributed by atoms with Crippen molar-refractivity contribution in [1.29, 1.82) is 0 Å². The van der Waals surface area contributed by atoms with Gasteiger partial charge >= 0.3 is 6.03 Å². The van der Waals surface area contributed by atoms with Crippen molar-refractivity contribution in [3.8, 4) is 0 Å². The number of urea groups is 1. The number of anilines is 1. The minimum Gasteiger partial charge on any atom is -0.352 e. The summed E-state index contributed by atoms with van der Waals surface area (Å²) in [6.07, 6.45) is 2.30. The van der Waals surface area contributed by atoms with Crippen molar-refractivity contribution < 1.29 is 9.59 Å². The third-order valence-corrected chi connectivity index (χ3v) is 5.61. The Balaban J connectivity index is 1.49. The Hall–Kier alpha value is -2.82. The van der Waals surface area contributed by atoms with Gasteiger partial charge in [-0.3, -0.25) is 4.79 Å². The van der Waals surface area contributed by atoms with Gasteiger partial charge in [0.15, 0.2) is 0 Å². The van der Waals surface area contributed by atoms with Crippen LogP contribution in [-0.2, 0) is 17.8 Å². The van der Waals surface area contributed by atoms with Crippen LogP contribution in [0.15, 0.2) is 54.6 Å². The Morgan fingerprint density at radius 2 is 1.61 bits per heavy atom. The van der Waals surface area contributed by atoms with Crippen LogP contribution in [0.3, 0.4) is 0 Å². The average Bonchev–Trinajstić information content (AvgIpc) is 2.73. The number of carbonyl (C=O) groups excluding carboxylic acids is 2. The molecule has 2 N–H and O–H groups in total. The highest BCUT2D eigenvalue weighted by Crippen LogP contribution is 2.31. The van der Waals surface area contributed by atoms with Gasteiger partial charge in [0.2, 0.25) is 5.91 Å². The first kappa shape index (κ1) is 19.9. The number of likely N-dealkylation sites (tertiary alicyclic amines) is 1. The second kappa shape index (κ2) is 8.91. The van der Waals surface area contributed by atoms with E-state index in [-0.39, 0.29) is 11.9 Å². The van der Waals surface area contributed by atoms with Crippen LogP contribution in [-0.4, -0.2) is 29.9 Å². The van der Waals surface area contributed by atoms with Gasteiger partial charge < -0.3 is 15.5 Å². The molecule has 28 heavy (non-hydrogen) atoms. The van der Waals surface area contributed by atoms with Crippen LogP contribution in [0.25, 0.3) is 0 Å². The van der Waals surface area contributed by atoms with Gasteiger partial charge in [0.25, 0.3) is 0 Å². The normalized spacial score (nSPS) is 15.7. The molecule has 1 saturated heterocycles. The Labute approximate surface area is 167 Å². The SMILES string of the molecule is CCc1ccc(NC(=O)N2CCC(C)(C(=O)NCc3ccccc3)CC2)cc1. The van der Waals surface area contributed by atoms with Crippen LogP contribution in [0, 0.1) is 5.41 Å². The number of hydrogen-bond donors (Lipinski definition) is 2. The quantitative estimate of drug-likeness (QED) is 0.818. The number of nitrogens with one attached hydrogen (secondary N) is 2. The van der Waals surface area contributed by atoms with Crippen LogP contribution >= 0.6 is 0 Å². The van der Waals surface area contributed by atoms with E-state index in [0.29, 0.717) is 32.5 Å². The summed E-state index contributed by atoms with van der Waals surface area (Å²) >= 11 is 0. The summed E-state index contributed by atoms with van der Waals surface area (Å²) < 4.78 is 0. The van der Waals surface area contributed by atoms with E-state index in [9.17, 15) is 9.59 Å². The molecule has 2 aromatic carbocycles. The molecule has 5 nitrogen and oxygen atoms in total. The molecule has 0 atom stereocenters. The van der Waals surface area contributed by atoms with Crippen LogP contribution in [0.4, 0.5) is 10.5 Å². The second-order valence-electron chi connectivity index (χ2n) is 7.70. The highest BCUT2D eigenvalue weighted by molar-refractivity contribution is 5.90. The van der Waals surface area contributed by atoms with Gasteiger partial charge in [-0.1, -0.05) is 56.3 Å². The standard InChI is InChI=1S/C23H29N3O2/c1-3-18-9-11-20(12-10-18)25-22(28)26-15-13-23(2,14-16-26)21(27)24-17-19-7-5-4-6-8-19/h4-12H,3,13-17H2,1-2H3,(H,24,27)(H,25,28). The van der Waals surface area contributed by atoms with E-state index < -0.39 is 5.41 Å². The summed E-state index contributed by atoms with van der Waals surface area (Å²) in [4.78, 5) is 27.0. The van der Waals surface area contributed by atoms with Crippen LogP contribution in [0.2, 0.25) is 0 Å². The third-order valence-electron chi connectivity index (χ3n) is 5.61. The maximum Gasteiger partial charge on any atom is 0.321 e. The van der Waals surface area contributed by atoms with Gasteiger partial charge in [-0.15, -0.1) is 0 Å². The minimum absolute atomic E-state index is 0.0616. The van der Waals surface area contributed by atoms with Crippen LogP contribution in [0.1, 0.15) is 37.8 Å². The maximum absolute atomic E-state index is 12.7. The minimum atomic E-state index is -0.436. The zero-order valence-electron chi connectivity index (χ0n) is 16.7.